The third-order valence-electron chi connectivity index (χ3n) is 2.76. The number of para-hydroxylation sites is 1. The van der Waals surface area contributed by atoms with Crippen LogP contribution in [0.3, 0.4) is 0 Å². The van der Waals surface area contributed by atoms with Gasteiger partial charge in [0.2, 0.25) is 5.28 Å². The lowest BCUT2D eigenvalue weighted by Crippen LogP contribution is -2.33. The van der Waals surface area contributed by atoms with E-state index in [0.717, 1.165) is 0 Å². The summed E-state index contributed by atoms with van der Waals surface area (Å²) in [5.74, 6) is 0. The van der Waals surface area contributed by atoms with Gasteiger partial charge in [-0.3, -0.25) is 9.36 Å². The van der Waals surface area contributed by atoms with E-state index in [4.69, 9.17) is 11.6 Å². The SMILES string of the molecule is CNC(C)Cn1c(Cl)nc2ccccc2c1=O. The molecule has 1 aromatic carbocycles. The standard InChI is InChI=1S/C12H14ClN3O/c1-8(14-2)7-16-11(17)9-5-3-4-6-10(9)15-12(16)13/h3-6,8,14H,7H2,1-2H3. The molecule has 90 valence electrons. The van der Waals surface area contributed by atoms with Crippen LogP contribution in [0.4, 0.5) is 0 Å². The Hall–Kier alpha value is -1.39. The summed E-state index contributed by atoms with van der Waals surface area (Å²) in [7, 11) is 1.85. The van der Waals surface area contributed by atoms with Crippen LogP contribution in [0.25, 0.3) is 10.9 Å². The van der Waals surface area contributed by atoms with Crippen molar-refractivity contribution >= 4 is 22.5 Å². The number of halogens is 1. The summed E-state index contributed by atoms with van der Waals surface area (Å²) in [6, 6.07) is 7.38. The summed E-state index contributed by atoms with van der Waals surface area (Å²) in [5, 5.41) is 3.90. The molecule has 0 saturated heterocycles. The van der Waals surface area contributed by atoms with Gasteiger partial charge in [-0.05, 0) is 37.7 Å². The molecular formula is C12H14ClN3O. The van der Waals surface area contributed by atoms with Gasteiger partial charge in [0.15, 0.2) is 0 Å². The molecule has 1 heterocycles. The number of nitrogens with zero attached hydrogens (tertiary/aromatic N) is 2. The molecule has 0 fully saturated rings. The molecule has 1 unspecified atom stereocenters. The zero-order valence-corrected chi connectivity index (χ0v) is 10.5. The predicted octanol–water partition coefficient (Wildman–Crippen LogP) is 1.66. The number of nitrogens with one attached hydrogen (secondary N) is 1. The van der Waals surface area contributed by atoms with E-state index in [1.165, 1.54) is 4.57 Å². The second kappa shape index (κ2) is 4.85. The van der Waals surface area contributed by atoms with Gasteiger partial charge in [-0.2, -0.15) is 0 Å². The minimum absolute atomic E-state index is 0.0947. The fraction of sp³-hybridized carbons (Fsp3) is 0.333. The van der Waals surface area contributed by atoms with Crippen LogP contribution < -0.4 is 10.9 Å². The number of benzene rings is 1. The van der Waals surface area contributed by atoms with E-state index in [0.29, 0.717) is 17.4 Å². The van der Waals surface area contributed by atoms with Crippen LogP contribution in [0.2, 0.25) is 5.28 Å². The van der Waals surface area contributed by atoms with Crippen LogP contribution in [0, 0.1) is 0 Å². The van der Waals surface area contributed by atoms with Gasteiger partial charge in [0.25, 0.3) is 5.56 Å². The lowest BCUT2D eigenvalue weighted by atomic mass is 10.2. The molecule has 0 aliphatic heterocycles. The van der Waals surface area contributed by atoms with Gasteiger partial charge in [-0.1, -0.05) is 12.1 Å². The first-order chi connectivity index (χ1) is 8.13. The zero-order valence-electron chi connectivity index (χ0n) is 9.77. The summed E-state index contributed by atoms with van der Waals surface area (Å²) < 4.78 is 1.49. The Balaban J connectivity index is 2.60. The highest BCUT2D eigenvalue weighted by atomic mass is 35.5. The fourth-order valence-corrected chi connectivity index (χ4v) is 1.90. The van der Waals surface area contributed by atoms with Crippen molar-refractivity contribution in [2.75, 3.05) is 7.05 Å². The van der Waals surface area contributed by atoms with Crippen LogP contribution in [0.1, 0.15) is 6.92 Å². The van der Waals surface area contributed by atoms with Gasteiger partial charge in [-0.25, -0.2) is 4.98 Å². The van der Waals surface area contributed by atoms with E-state index in [1.807, 2.05) is 26.1 Å². The summed E-state index contributed by atoms with van der Waals surface area (Å²) in [6.45, 7) is 2.49. The Morgan fingerprint density at radius 3 is 2.88 bits per heavy atom. The molecule has 1 N–H and O–H groups in total. The zero-order chi connectivity index (χ0) is 12.4. The number of aromatic nitrogens is 2. The first-order valence-corrected chi connectivity index (χ1v) is 5.83. The van der Waals surface area contributed by atoms with Gasteiger partial charge in [0.1, 0.15) is 0 Å². The summed E-state index contributed by atoms with van der Waals surface area (Å²) >= 11 is 6.03. The minimum atomic E-state index is -0.0947. The van der Waals surface area contributed by atoms with Gasteiger partial charge < -0.3 is 5.32 Å². The van der Waals surface area contributed by atoms with Gasteiger partial charge >= 0.3 is 0 Å². The van der Waals surface area contributed by atoms with Gasteiger partial charge in [0, 0.05) is 12.6 Å². The highest BCUT2D eigenvalue weighted by Crippen LogP contribution is 2.11. The van der Waals surface area contributed by atoms with Gasteiger partial charge in [0.05, 0.1) is 10.9 Å². The van der Waals surface area contributed by atoms with Crippen molar-refractivity contribution in [2.45, 2.75) is 19.5 Å². The Kier molecular flexibility index (Phi) is 3.45. The van der Waals surface area contributed by atoms with E-state index in [9.17, 15) is 4.79 Å². The first-order valence-electron chi connectivity index (χ1n) is 5.46. The molecule has 0 bridgehead atoms. The van der Waals surface area contributed by atoms with Crippen molar-refractivity contribution in [3.05, 3.63) is 39.9 Å². The molecule has 1 aromatic heterocycles. The topological polar surface area (TPSA) is 46.9 Å². The average molecular weight is 252 g/mol. The molecule has 17 heavy (non-hydrogen) atoms. The molecule has 0 amide bonds. The summed E-state index contributed by atoms with van der Waals surface area (Å²) in [5.41, 5.74) is 0.540. The Morgan fingerprint density at radius 2 is 2.18 bits per heavy atom. The predicted molar refractivity (Wildman–Crippen MR) is 69.5 cm³/mol. The van der Waals surface area contributed by atoms with E-state index in [2.05, 4.69) is 10.3 Å². The molecule has 1 atom stereocenters. The molecule has 2 aromatic rings. The summed E-state index contributed by atoms with van der Waals surface area (Å²) in [4.78, 5) is 16.4. The maximum absolute atomic E-state index is 12.2. The lowest BCUT2D eigenvalue weighted by molar-refractivity contribution is 0.503. The van der Waals surface area contributed by atoms with Crippen molar-refractivity contribution in [2.24, 2.45) is 0 Å². The minimum Gasteiger partial charge on any atom is -0.315 e. The highest BCUT2D eigenvalue weighted by molar-refractivity contribution is 6.28. The average Bonchev–Trinajstić information content (AvgIpc) is 2.34. The number of hydrogen-bond donors (Lipinski definition) is 1. The molecule has 2 rings (SSSR count). The molecule has 0 aliphatic rings. The Labute approximate surface area is 104 Å². The fourth-order valence-electron chi connectivity index (χ4n) is 1.66. The van der Waals surface area contributed by atoms with Crippen molar-refractivity contribution in [3.8, 4) is 0 Å². The highest BCUT2D eigenvalue weighted by Gasteiger charge is 2.10. The van der Waals surface area contributed by atoms with Crippen LogP contribution in [-0.4, -0.2) is 22.6 Å². The smallest absolute Gasteiger partial charge is 0.262 e. The van der Waals surface area contributed by atoms with Crippen molar-refractivity contribution in [1.29, 1.82) is 0 Å². The quantitative estimate of drug-likeness (QED) is 0.844. The molecule has 0 saturated carbocycles. The number of rotatable bonds is 3. The van der Waals surface area contributed by atoms with Crippen LogP contribution >= 0.6 is 11.6 Å². The van der Waals surface area contributed by atoms with E-state index < -0.39 is 0 Å². The van der Waals surface area contributed by atoms with E-state index >= 15 is 0 Å². The third kappa shape index (κ3) is 2.33. The van der Waals surface area contributed by atoms with Crippen LogP contribution in [0.15, 0.2) is 29.1 Å². The lowest BCUT2D eigenvalue weighted by Gasteiger charge is -2.14. The third-order valence-corrected chi connectivity index (χ3v) is 3.05. The van der Waals surface area contributed by atoms with E-state index in [-0.39, 0.29) is 16.9 Å². The van der Waals surface area contributed by atoms with E-state index in [1.54, 1.807) is 12.1 Å². The number of hydrogen-bond acceptors (Lipinski definition) is 3. The Bertz CT molecular complexity index is 594. The molecule has 4 nitrogen and oxygen atoms in total. The van der Waals surface area contributed by atoms with Crippen LogP contribution in [-0.2, 0) is 6.54 Å². The maximum Gasteiger partial charge on any atom is 0.262 e. The van der Waals surface area contributed by atoms with Crippen molar-refractivity contribution in [3.63, 3.8) is 0 Å². The first kappa shape index (κ1) is 12.1. The van der Waals surface area contributed by atoms with Crippen LogP contribution in [0.5, 0.6) is 0 Å². The molecular weight excluding hydrogens is 238 g/mol. The van der Waals surface area contributed by atoms with Crippen molar-refractivity contribution in [1.82, 2.24) is 14.9 Å². The second-order valence-electron chi connectivity index (χ2n) is 4.00. The largest absolute Gasteiger partial charge is 0.315 e. The molecule has 0 radical (unpaired) electrons. The van der Waals surface area contributed by atoms with Crippen molar-refractivity contribution < 1.29 is 0 Å². The van der Waals surface area contributed by atoms with Gasteiger partial charge in [-0.15, -0.1) is 0 Å². The molecule has 0 aliphatic carbocycles. The maximum atomic E-state index is 12.2. The molecule has 0 spiro atoms. The number of likely N-dealkylation sites (N-methyl/N-ethyl adjacent to an activating group) is 1. The Morgan fingerprint density at radius 1 is 1.47 bits per heavy atom. The second-order valence-corrected chi connectivity index (χ2v) is 4.34. The normalized spacial score (nSPS) is 12.9. The molecule has 5 heteroatoms. The number of fused-ring (bicyclic) bond motifs is 1. The monoisotopic (exact) mass is 251 g/mol. The summed E-state index contributed by atoms with van der Waals surface area (Å²) in [6.07, 6.45) is 0.